The number of halogens is 4. The zero-order valence-electron chi connectivity index (χ0n) is 15.9. The van der Waals surface area contributed by atoms with Gasteiger partial charge in [-0.3, -0.25) is 0 Å². The number of hydrogen-bond acceptors (Lipinski definition) is 2. The summed E-state index contributed by atoms with van der Waals surface area (Å²) in [5.74, 6) is 0.228. The van der Waals surface area contributed by atoms with Crippen LogP contribution in [0.4, 0.5) is 17.6 Å². The van der Waals surface area contributed by atoms with Crippen LogP contribution in [0.2, 0.25) is 0 Å². The topological polar surface area (TPSA) is 39.7 Å². The lowest BCUT2D eigenvalue weighted by Gasteiger charge is -2.29. The van der Waals surface area contributed by atoms with Gasteiger partial charge >= 0.3 is 6.18 Å². The van der Waals surface area contributed by atoms with Crippen LogP contribution in [0.3, 0.4) is 0 Å². The third-order valence-electron chi connectivity index (χ3n) is 4.81. The normalized spacial score (nSPS) is 17.2. The molecule has 0 bridgehead atoms. The highest BCUT2D eigenvalue weighted by Gasteiger charge is 2.33. The first-order valence-corrected chi connectivity index (χ1v) is 9.36. The third-order valence-corrected chi connectivity index (χ3v) is 4.81. The highest BCUT2D eigenvalue weighted by molar-refractivity contribution is 5.79. The van der Waals surface area contributed by atoms with Crippen LogP contribution in [0.15, 0.2) is 23.2 Å². The van der Waals surface area contributed by atoms with Crippen molar-refractivity contribution < 1.29 is 17.6 Å². The van der Waals surface area contributed by atoms with Crippen LogP contribution in [0, 0.1) is 11.7 Å². The number of nitrogens with one attached hydrogen (secondary N) is 2. The number of likely N-dealkylation sites (tertiary alicyclic amines) is 1. The van der Waals surface area contributed by atoms with E-state index in [9.17, 15) is 17.6 Å². The van der Waals surface area contributed by atoms with Gasteiger partial charge < -0.3 is 15.5 Å². The molecule has 0 amide bonds. The van der Waals surface area contributed by atoms with Crippen molar-refractivity contribution in [3.63, 3.8) is 0 Å². The molecule has 0 aromatic heterocycles. The van der Waals surface area contributed by atoms with Gasteiger partial charge in [0.1, 0.15) is 5.82 Å². The fourth-order valence-corrected chi connectivity index (χ4v) is 3.20. The molecule has 0 unspecified atom stereocenters. The van der Waals surface area contributed by atoms with Gasteiger partial charge in [0, 0.05) is 13.1 Å². The van der Waals surface area contributed by atoms with Crippen LogP contribution in [0.1, 0.15) is 37.3 Å². The molecule has 0 atom stereocenters. The summed E-state index contributed by atoms with van der Waals surface area (Å²) < 4.78 is 52.5. The van der Waals surface area contributed by atoms with Crippen molar-refractivity contribution >= 4 is 5.96 Å². The summed E-state index contributed by atoms with van der Waals surface area (Å²) in [4.78, 5) is 6.56. The summed E-state index contributed by atoms with van der Waals surface area (Å²) in [5.41, 5.74) is -1.02. The Morgan fingerprint density at radius 1 is 1.22 bits per heavy atom. The molecule has 27 heavy (non-hydrogen) atoms. The van der Waals surface area contributed by atoms with E-state index in [2.05, 4.69) is 27.6 Å². The number of rotatable bonds is 6. The molecule has 2 N–H and O–H groups in total. The Balaban J connectivity index is 1.95. The van der Waals surface area contributed by atoms with Crippen molar-refractivity contribution in [1.82, 2.24) is 15.5 Å². The van der Waals surface area contributed by atoms with Gasteiger partial charge in [-0.1, -0.05) is 6.07 Å². The fourth-order valence-electron chi connectivity index (χ4n) is 3.20. The van der Waals surface area contributed by atoms with E-state index in [0.29, 0.717) is 24.5 Å². The predicted octanol–water partition coefficient (Wildman–Crippen LogP) is 3.63. The number of aliphatic imine (C=N–C) groups is 1. The number of hydrogen-bond donors (Lipinski definition) is 2. The number of nitrogens with zero attached hydrogens (tertiary/aromatic N) is 2. The average Bonchev–Trinajstić information content (AvgIpc) is 2.61. The molecule has 152 valence electrons. The van der Waals surface area contributed by atoms with Crippen LogP contribution in [-0.4, -0.2) is 44.1 Å². The summed E-state index contributed by atoms with van der Waals surface area (Å²) in [5, 5.41) is 6.23. The Morgan fingerprint density at radius 2 is 1.93 bits per heavy atom. The molecular formula is C19H28F4N4. The fraction of sp³-hybridized carbons (Fsp3) is 0.632. The van der Waals surface area contributed by atoms with Crippen molar-refractivity contribution in [2.45, 2.75) is 38.9 Å². The van der Waals surface area contributed by atoms with E-state index in [1.54, 1.807) is 0 Å². The Kier molecular flexibility index (Phi) is 7.89. The second-order valence-electron chi connectivity index (χ2n) is 6.96. The molecule has 0 radical (unpaired) electrons. The quantitative estimate of drug-likeness (QED) is 0.444. The largest absolute Gasteiger partial charge is 0.416 e. The number of guanidine groups is 1. The maximum absolute atomic E-state index is 13.2. The first-order chi connectivity index (χ1) is 12.8. The SMILES string of the molecule is CCNC(=NCc1ccc(F)cc1C(F)(F)F)NCCC1CCN(C)CC1. The van der Waals surface area contributed by atoms with Crippen molar-refractivity contribution in [3.8, 4) is 0 Å². The number of alkyl halides is 3. The second kappa shape index (κ2) is 9.92. The highest BCUT2D eigenvalue weighted by Crippen LogP contribution is 2.32. The van der Waals surface area contributed by atoms with E-state index in [0.717, 1.165) is 51.0 Å². The summed E-state index contributed by atoms with van der Waals surface area (Å²) in [6, 6.07) is 2.69. The van der Waals surface area contributed by atoms with Crippen LogP contribution in [0.25, 0.3) is 0 Å². The first kappa shape index (κ1) is 21.5. The van der Waals surface area contributed by atoms with E-state index in [1.165, 1.54) is 0 Å². The van der Waals surface area contributed by atoms with E-state index < -0.39 is 17.6 Å². The van der Waals surface area contributed by atoms with Gasteiger partial charge in [-0.15, -0.1) is 0 Å². The maximum atomic E-state index is 13.2. The zero-order chi connectivity index (χ0) is 19.9. The lowest BCUT2D eigenvalue weighted by atomic mass is 9.94. The molecule has 0 spiro atoms. The predicted molar refractivity (Wildman–Crippen MR) is 99.1 cm³/mol. The zero-order valence-corrected chi connectivity index (χ0v) is 15.9. The van der Waals surface area contributed by atoms with Crippen molar-refractivity contribution in [1.29, 1.82) is 0 Å². The van der Waals surface area contributed by atoms with Crippen LogP contribution >= 0.6 is 0 Å². The molecular weight excluding hydrogens is 360 g/mol. The summed E-state index contributed by atoms with van der Waals surface area (Å²) in [6.07, 6.45) is -1.28. The van der Waals surface area contributed by atoms with Crippen molar-refractivity contribution in [2.75, 3.05) is 33.2 Å². The minimum absolute atomic E-state index is 0.0450. The monoisotopic (exact) mass is 388 g/mol. The average molecular weight is 388 g/mol. The maximum Gasteiger partial charge on any atom is 0.416 e. The molecule has 8 heteroatoms. The Hall–Kier alpha value is -1.83. The van der Waals surface area contributed by atoms with E-state index >= 15 is 0 Å². The number of benzene rings is 1. The lowest BCUT2D eigenvalue weighted by Crippen LogP contribution is -2.39. The lowest BCUT2D eigenvalue weighted by molar-refractivity contribution is -0.138. The minimum atomic E-state index is -4.60. The molecule has 1 aliphatic rings. The van der Waals surface area contributed by atoms with Crippen molar-refractivity contribution in [2.24, 2.45) is 10.9 Å². The van der Waals surface area contributed by atoms with Gasteiger partial charge in [0.2, 0.25) is 0 Å². The molecule has 1 aliphatic heterocycles. The third kappa shape index (κ3) is 7.01. The summed E-state index contributed by atoms with van der Waals surface area (Å²) in [7, 11) is 2.12. The first-order valence-electron chi connectivity index (χ1n) is 9.36. The Labute approximate surface area is 158 Å². The standard InChI is InChI=1S/C19H28F4N4/c1-3-24-18(25-9-6-14-7-10-27(2)11-8-14)26-13-15-4-5-16(20)12-17(15)19(21,22)23/h4-5,12,14H,3,6-11,13H2,1-2H3,(H2,24,25,26). The molecule has 0 saturated carbocycles. The highest BCUT2D eigenvalue weighted by atomic mass is 19.4. The van der Waals surface area contributed by atoms with E-state index in [1.807, 2.05) is 6.92 Å². The molecule has 4 nitrogen and oxygen atoms in total. The molecule has 1 fully saturated rings. The second-order valence-corrected chi connectivity index (χ2v) is 6.96. The van der Waals surface area contributed by atoms with Crippen LogP contribution in [0.5, 0.6) is 0 Å². The van der Waals surface area contributed by atoms with Gasteiger partial charge in [-0.2, -0.15) is 13.2 Å². The van der Waals surface area contributed by atoms with Gasteiger partial charge in [0.15, 0.2) is 5.96 Å². The van der Waals surface area contributed by atoms with Gasteiger partial charge in [0.05, 0.1) is 12.1 Å². The van der Waals surface area contributed by atoms with Crippen LogP contribution in [-0.2, 0) is 12.7 Å². The molecule has 2 rings (SSSR count). The summed E-state index contributed by atoms with van der Waals surface area (Å²) >= 11 is 0. The molecule has 1 aromatic carbocycles. The molecule has 1 heterocycles. The Morgan fingerprint density at radius 3 is 2.56 bits per heavy atom. The molecule has 0 aliphatic carbocycles. The smallest absolute Gasteiger partial charge is 0.357 e. The van der Waals surface area contributed by atoms with Gasteiger partial charge in [-0.25, -0.2) is 9.38 Å². The van der Waals surface area contributed by atoms with Gasteiger partial charge in [0.25, 0.3) is 0 Å². The number of piperidine rings is 1. The van der Waals surface area contributed by atoms with E-state index in [4.69, 9.17) is 0 Å². The molecule has 1 aromatic rings. The summed E-state index contributed by atoms with van der Waals surface area (Å²) in [6.45, 7) is 5.25. The van der Waals surface area contributed by atoms with Crippen LogP contribution < -0.4 is 10.6 Å². The van der Waals surface area contributed by atoms with Crippen molar-refractivity contribution in [3.05, 3.63) is 35.1 Å². The van der Waals surface area contributed by atoms with Gasteiger partial charge in [-0.05, 0) is 69.9 Å². The minimum Gasteiger partial charge on any atom is -0.357 e. The van der Waals surface area contributed by atoms with E-state index in [-0.39, 0.29) is 12.1 Å². The molecule has 1 saturated heterocycles. The Bertz CT molecular complexity index is 623.